The van der Waals surface area contributed by atoms with Gasteiger partial charge in [-0.2, -0.15) is 0 Å². The Kier molecular flexibility index (Phi) is 10.6. The fourth-order valence-corrected chi connectivity index (χ4v) is 5.42. The molecule has 0 aromatic heterocycles. The van der Waals surface area contributed by atoms with Crippen molar-refractivity contribution in [2.75, 3.05) is 17.1 Å². The highest BCUT2D eigenvalue weighted by Crippen LogP contribution is 2.23. The molecule has 3 aromatic carbocycles. The summed E-state index contributed by atoms with van der Waals surface area (Å²) in [5, 5.41) is 2.94. The Balaban J connectivity index is 1.92. The van der Waals surface area contributed by atoms with Crippen molar-refractivity contribution in [1.29, 1.82) is 0 Å². The van der Waals surface area contributed by atoms with Crippen molar-refractivity contribution in [3.63, 3.8) is 0 Å². The van der Waals surface area contributed by atoms with E-state index in [9.17, 15) is 26.8 Å². The van der Waals surface area contributed by atoms with E-state index < -0.39 is 45.1 Å². The van der Waals surface area contributed by atoms with Gasteiger partial charge in [0.1, 0.15) is 17.7 Å². The van der Waals surface area contributed by atoms with Crippen molar-refractivity contribution in [3.05, 3.63) is 102 Å². The van der Waals surface area contributed by atoms with Crippen LogP contribution in [0.2, 0.25) is 0 Å². The number of anilines is 1. The second-order valence-corrected chi connectivity index (χ2v) is 12.9. The van der Waals surface area contributed by atoms with Gasteiger partial charge in [0.2, 0.25) is 21.8 Å². The summed E-state index contributed by atoms with van der Waals surface area (Å²) in [6, 6.07) is 19.8. The minimum Gasteiger partial charge on any atom is -0.350 e. The molecular weight excluding hydrogens is 548 g/mol. The molecule has 10 heteroatoms. The topological polar surface area (TPSA) is 86.8 Å². The van der Waals surface area contributed by atoms with Crippen LogP contribution < -0.4 is 9.62 Å². The Morgan fingerprint density at radius 1 is 0.878 bits per heavy atom. The summed E-state index contributed by atoms with van der Waals surface area (Å²) < 4.78 is 55.1. The zero-order valence-corrected chi connectivity index (χ0v) is 24.6. The molecule has 1 N–H and O–H groups in total. The molecule has 0 aliphatic carbocycles. The number of rotatable bonds is 12. The third kappa shape index (κ3) is 9.38. The minimum atomic E-state index is -3.85. The van der Waals surface area contributed by atoms with Gasteiger partial charge in [0.05, 0.1) is 11.9 Å². The number of halogens is 2. The van der Waals surface area contributed by atoms with Crippen LogP contribution in [0.5, 0.6) is 0 Å². The van der Waals surface area contributed by atoms with Gasteiger partial charge in [-0.1, -0.05) is 60.7 Å². The lowest BCUT2D eigenvalue weighted by molar-refractivity contribution is -0.142. The second-order valence-electron chi connectivity index (χ2n) is 10.9. The van der Waals surface area contributed by atoms with Crippen LogP contribution in [0.1, 0.15) is 44.7 Å². The summed E-state index contributed by atoms with van der Waals surface area (Å²) >= 11 is 0. The molecule has 0 saturated heterocycles. The van der Waals surface area contributed by atoms with E-state index in [0.717, 1.165) is 22.2 Å². The lowest BCUT2D eigenvalue weighted by Gasteiger charge is -2.34. The monoisotopic (exact) mass is 585 g/mol. The smallest absolute Gasteiger partial charge is 0.243 e. The molecule has 0 fully saturated rings. The van der Waals surface area contributed by atoms with Crippen molar-refractivity contribution in [1.82, 2.24) is 10.2 Å². The number of para-hydroxylation sites is 1. The quantitative estimate of drug-likeness (QED) is 0.322. The van der Waals surface area contributed by atoms with Gasteiger partial charge in [0.15, 0.2) is 0 Å². The first-order valence-electron chi connectivity index (χ1n) is 13.4. The van der Waals surface area contributed by atoms with Gasteiger partial charge in [0.25, 0.3) is 0 Å². The third-order valence-electron chi connectivity index (χ3n) is 6.34. The molecule has 2 amide bonds. The van der Waals surface area contributed by atoms with E-state index >= 15 is 0 Å². The molecule has 220 valence electrons. The van der Waals surface area contributed by atoms with E-state index in [0.29, 0.717) is 0 Å². The maximum absolute atomic E-state index is 14.7. The lowest BCUT2D eigenvalue weighted by atomic mass is 10.00. The molecule has 3 aromatic rings. The Morgan fingerprint density at radius 2 is 1.46 bits per heavy atom. The number of carbonyl (C=O) groups is 2. The Bertz CT molecular complexity index is 1440. The van der Waals surface area contributed by atoms with Crippen molar-refractivity contribution in [3.8, 4) is 0 Å². The van der Waals surface area contributed by atoms with E-state index in [1.807, 2.05) is 51.1 Å². The van der Waals surface area contributed by atoms with E-state index in [1.54, 1.807) is 18.2 Å². The first-order chi connectivity index (χ1) is 19.3. The highest BCUT2D eigenvalue weighted by Gasteiger charge is 2.33. The Labute approximate surface area is 241 Å². The molecule has 0 saturated carbocycles. The van der Waals surface area contributed by atoms with Gasteiger partial charge in [-0.15, -0.1) is 0 Å². The van der Waals surface area contributed by atoms with Crippen LogP contribution in [-0.2, 0) is 32.6 Å². The number of hydrogen-bond acceptors (Lipinski definition) is 4. The van der Waals surface area contributed by atoms with E-state index in [2.05, 4.69) is 5.32 Å². The fourth-order valence-electron chi connectivity index (χ4n) is 4.45. The molecule has 0 spiro atoms. The SMILES string of the molecule is CC(C)(C)NC(=O)[C@@H](Cc1ccccc1)N(Cc1ccccc1F)C(=O)CCCN(c1ccccc1F)S(C)(=O)=O. The highest BCUT2D eigenvalue weighted by atomic mass is 32.2. The number of benzene rings is 3. The van der Waals surface area contributed by atoms with E-state index in [4.69, 9.17) is 0 Å². The zero-order valence-electron chi connectivity index (χ0n) is 23.8. The Hall–Kier alpha value is -3.79. The maximum Gasteiger partial charge on any atom is 0.243 e. The van der Waals surface area contributed by atoms with E-state index in [1.165, 1.54) is 29.2 Å². The summed E-state index contributed by atoms with van der Waals surface area (Å²) in [7, 11) is -3.85. The fraction of sp³-hybridized carbons (Fsp3) is 0.355. The highest BCUT2D eigenvalue weighted by molar-refractivity contribution is 7.92. The lowest BCUT2D eigenvalue weighted by Crippen LogP contribution is -2.54. The number of carbonyl (C=O) groups excluding carboxylic acids is 2. The molecular formula is C31H37F2N3O4S. The predicted molar refractivity (Wildman–Crippen MR) is 157 cm³/mol. The second kappa shape index (κ2) is 13.7. The number of sulfonamides is 1. The van der Waals surface area contributed by atoms with Crippen LogP contribution >= 0.6 is 0 Å². The average Bonchev–Trinajstić information content (AvgIpc) is 2.89. The van der Waals surface area contributed by atoms with Crippen LogP contribution in [0.4, 0.5) is 14.5 Å². The van der Waals surface area contributed by atoms with Gasteiger partial charge in [-0.25, -0.2) is 17.2 Å². The standard InChI is InChI=1S/C31H37F2N3O4S/c1-31(2,3)34-30(38)28(21-23-13-6-5-7-14-23)35(22-24-15-8-9-16-25(24)32)29(37)19-12-20-36(41(4,39)40)27-18-11-10-17-26(27)33/h5-11,13-18,28H,12,19-22H2,1-4H3,(H,34,38)/t28-/m1/s1. The normalized spacial score (nSPS) is 12.4. The Morgan fingerprint density at radius 3 is 2.05 bits per heavy atom. The molecule has 0 bridgehead atoms. The van der Waals surface area contributed by atoms with Crippen LogP contribution in [0.15, 0.2) is 78.9 Å². The molecule has 3 rings (SSSR count). The zero-order chi connectivity index (χ0) is 30.2. The molecule has 41 heavy (non-hydrogen) atoms. The number of amides is 2. The molecule has 0 aliphatic heterocycles. The van der Waals surface area contributed by atoms with E-state index in [-0.39, 0.29) is 43.6 Å². The average molecular weight is 586 g/mol. The van der Waals surface area contributed by atoms with Gasteiger partial charge in [-0.05, 0) is 51.0 Å². The number of nitrogens with one attached hydrogen (secondary N) is 1. The van der Waals surface area contributed by atoms with Crippen molar-refractivity contribution in [2.45, 2.75) is 58.2 Å². The molecule has 0 unspecified atom stereocenters. The van der Waals surface area contributed by atoms with Gasteiger partial charge in [-0.3, -0.25) is 13.9 Å². The molecule has 0 heterocycles. The first kappa shape index (κ1) is 31.7. The van der Waals surface area contributed by atoms with Crippen LogP contribution in [-0.4, -0.2) is 49.5 Å². The number of hydrogen-bond donors (Lipinski definition) is 1. The van der Waals surface area contributed by atoms with Crippen molar-refractivity contribution in [2.24, 2.45) is 0 Å². The maximum atomic E-state index is 14.7. The summed E-state index contributed by atoms with van der Waals surface area (Å²) in [5.41, 5.74) is 0.355. The largest absolute Gasteiger partial charge is 0.350 e. The van der Waals surface area contributed by atoms with Crippen molar-refractivity contribution >= 4 is 27.5 Å². The number of nitrogens with zero attached hydrogens (tertiary/aromatic N) is 2. The molecule has 7 nitrogen and oxygen atoms in total. The molecule has 1 atom stereocenters. The predicted octanol–water partition coefficient (Wildman–Crippen LogP) is 5.07. The van der Waals surface area contributed by atoms with Crippen LogP contribution in [0.3, 0.4) is 0 Å². The van der Waals surface area contributed by atoms with Crippen LogP contribution in [0.25, 0.3) is 0 Å². The van der Waals surface area contributed by atoms with Crippen molar-refractivity contribution < 1.29 is 26.8 Å². The minimum absolute atomic E-state index is 0.0486. The molecule has 0 radical (unpaired) electrons. The molecule has 0 aliphatic rings. The van der Waals surface area contributed by atoms with Gasteiger partial charge >= 0.3 is 0 Å². The third-order valence-corrected chi connectivity index (χ3v) is 7.52. The van der Waals surface area contributed by atoms with Gasteiger partial charge < -0.3 is 10.2 Å². The summed E-state index contributed by atoms with van der Waals surface area (Å²) in [5.74, 6) is -2.06. The van der Waals surface area contributed by atoms with Gasteiger partial charge in [0, 0.05) is 37.0 Å². The summed E-state index contributed by atoms with van der Waals surface area (Å²) in [6.45, 7) is 5.17. The first-order valence-corrected chi connectivity index (χ1v) is 15.2. The summed E-state index contributed by atoms with van der Waals surface area (Å²) in [6.07, 6.45) is 1.06. The summed E-state index contributed by atoms with van der Waals surface area (Å²) in [4.78, 5) is 28.7. The van der Waals surface area contributed by atoms with Crippen LogP contribution in [0, 0.1) is 11.6 Å².